The summed E-state index contributed by atoms with van der Waals surface area (Å²) in [6, 6.07) is 18.1. The van der Waals surface area contributed by atoms with Gasteiger partial charge in [-0.3, -0.25) is 9.69 Å². The molecule has 4 rings (SSSR count). The molecular weight excluding hydrogens is 352 g/mol. The van der Waals surface area contributed by atoms with Crippen LogP contribution in [0.3, 0.4) is 0 Å². The number of amides is 1. The smallest absolute Gasteiger partial charge is 0.232 e. The van der Waals surface area contributed by atoms with E-state index in [0.29, 0.717) is 5.95 Å². The first-order valence-electron chi connectivity index (χ1n) is 9.51. The third-order valence-electron chi connectivity index (χ3n) is 5.24. The number of anilines is 1. The van der Waals surface area contributed by atoms with E-state index < -0.39 is 0 Å². The molecule has 0 N–H and O–H groups in total. The van der Waals surface area contributed by atoms with Crippen molar-refractivity contribution in [1.29, 1.82) is 0 Å². The van der Waals surface area contributed by atoms with Gasteiger partial charge in [0.15, 0.2) is 0 Å². The van der Waals surface area contributed by atoms with Crippen LogP contribution in [0.25, 0.3) is 0 Å². The largest absolute Gasteiger partial charge is 0.497 e. The van der Waals surface area contributed by atoms with Gasteiger partial charge in [-0.15, -0.1) is 0 Å². The van der Waals surface area contributed by atoms with Crippen molar-refractivity contribution >= 4 is 11.9 Å². The van der Waals surface area contributed by atoms with E-state index in [4.69, 9.17) is 4.74 Å². The summed E-state index contributed by atoms with van der Waals surface area (Å²) in [5.74, 6) is 1.33. The average Bonchev–Trinajstić information content (AvgIpc) is 3.22. The van der Waals surface area contributed by atoms with Crippen molar-refractivity contribution in [1.82, 2.24) is 14.8 Å². The van der Waals surface area contributed by atoms with Gasteiger partial charge in [0.25, 0.3) is 0 Å². The summed E-state index contributed by atoms with van der Waals surface area (Å²) in [6.07, 6.45) is 2.25. The zero-order valence-electron chi connectivity index (χ0n) is 16.3. The Bertz CT molecular complexity index is 950. The molecule has 144 valence electrons. The molecule has 2 atom stereocenters. The zero-order valence-corrected chi connectivity index (χ0v) is 16.3. The number of hydrogen-bond acceptors (Lipinski definition) is 4. The van der Waals surface area contributed by atoms with Gasteiger partial charge in [0.05, 0.1) is 19.2 Å². The minimum Gasteiger partial charge on any atom is -0.497 e. The van der Waals surface area contributed by atoms with E-state index in [1.807, 2.05) is 53.8 Å². The van der Waals surface area contributed by atoms with Gasteiger partial charge in [0.2, 0.25) is 11.9 Å². The molecule has 0 spiro atoms. The monoisotopic (exact) mass is 376 g/mol. The molecule has 0 fully saturated rings. The van der Waals surface area contributed by atoms with Gasteiger partial charge < -0.3 is 4.74 Å². The quantitative estimate of drug-likeness (QED) is 0.690. The Morgan fingerprint density at radius 3 is 2.36 bits per heavy atom. The van der Waals surface area contributed by atoms with Gasteiger partial charge in [-0.2, -0.15) is 10.1 Å². The summed E-state index contributed by atoms with van der Waals surface area (Å²) < 4.78 is 7.15. The lowest BCUT2D eigenvalue weighted by Crippen LogP contribution is -2.44. The predicted octanol–water partition coefficient (Wildman–Crippen LogP) is 4.01. The molecule has 6 heteroatoms. The lowest BCUT2D eigenvalue weighted by Gasteiger charge is -2.39. The number of hydrogen-bond donors (Lipinski definition) is 0. The second-order valence-electron chi connectivity index (χ2n) is 7.32. The van der Waals surface area contributed by atoms with Crippen molar-refractivity contribution < 1.29 is 9.53 Å². The Morgan fingerprint density at radius 1 is 1.04 bits per heavy atom. The first-order chi connectivity index (χ1) is 13.6. The summed E-state index contributed by atoms with van der Waals surface area (Å²) in [5.41, 5.74) is 2.22. The molecular formula is C22H24N4O2. The molecule has 28 heavy (non-hydrogen) atoms. The lowest BCUT2D eigenvalue weighted by atomic mass is 9.91. The number of benzene rings is 2. The maximum Gasteiger partial charge on any atom is 0.232 e. The lowest BCUT2D eigenvalue weighted by molar-refractivity contribution is -0.122. The number of methoxy groups -OCH3 is 1. The van der Waals surface area contributed by atoms with Crippen LogP contribution in [0.5, 0.6) is 5.75 Å². The molecule has 1 aliphatic heterocycles. The Labute approximate surface area is 164 Å². The Balaban J connectivity index is 1.82. The second kappa shape index (κ2) is 7.46. The van der Waals surface area contributed by atoms with Gasteiger partial charge in [-0.05, 0) is 29.7 Å². The van der Waals surface area contributed by atoms with Crippen molar-refractivity contribution in [2.45, 2.75) is 32.4 Å². The SMILES string of the molecule is COc1ccc([C@@H]2C[C@@H](c3ccccc3)N(C(=O)C(C)C)c3ncnn32)cc1. The number of carbonyl (C=O) groups is 1. The molecule has 0 bridgehead atoms. The molecule has 0 saturated heterocycles. The Hall–Kier alpha value is -3.15. The normalized spacial score (nSPS) is 18.8. The molecule has 3 aromatic rings. The summed E-state index contributed by atoms with van der Waals surface area (Å²) in [7, 11) is 1.66. The van der Waals surface area contributed by atoms with Crippen LogP contribution in [-0.2, 0) is 4.79 Å². The van der Waals surface area contributed by atoms with Crippen LogP contribution in [0.4, 0.5) is 5.95 Å². The molecule has 1 aliphatic rings. The van der Waals surface area contributed by atoms with E-state index in [-0.39, 0.29) is 23.9 Å². The summed E-state index contributed by atoms with van der Waals surface area (Å²) >= 11 is 0. The van der Waals surface area contributed by atoms with Crippen molar-refractivity contribution in [2.24, 2.45) is 5.92 Å². The van der Waals surface area contributed by atoms with Crippen LogP contribution < -0.4 is 9.64 Å². The topological polar surface area (TPSA) is 60.2 Å². The fourth-order valence-electron chi connectivity index (χ4n) is 3.79. The minimum absolute atomic E-state index is 0.00942. The van der Waals surface area contributed by atoms with Crippen LogP contribution in [0, 0.1) is 5.92 Å². The maximum absolute atomic E-state index is 13.1. The van der Waals surface area contributed by atoms with Gasteiger partial charge >= 0.3 is 0 Å². The zero-order chi connectivity index (χ0) is 19.7. The summed E-state index contributed by atoms with van der Waals surface area (Å²) in [4.78, 5) is 19.4. The summed E-state index contributed by atoms with van der Waals surface area (Å²) in [6.45, 7) is 3.83. The van der Waals surface area contributed by atoms with Crippen LogP contribution in [0.15, 0.2) is 60.9 Å². The number of nitrogens with zero attached hydrogens (tertiary/aromatic N) is 4. The van der Waals surface area contributed by atoms with E-state index in [1.54, 1.807) is 7.11 Å². The van der Waals surface area contributed by atoms with Crippen LogP contribution in [0.2, 0.25) is 0 Å². The molecule has 2 aromatic carbocycles. The average molecular weight is 376 g/mol. The predicted molar refractivity (Wildman–Crippen MR) is 107 cm³/mol. The molecule has 6 nitrogen and oxygen atoms in total. The first-order valence-corrected chi connectivity index (χ1v) is 9.51. The summed E-state index contributed by atoms with van der Waals surface area (Å²) in [5, 5.41) is 4.46. The van der Waals surface area contributed by atoms with Crippen molar-refractivity contribution in [3.05, 3.63) is 72.1 Å². The number of aromatic nitrogens is 3. The highest BCUT2D eigenvalue weighted by molar-refractivity contribution is 5.94. The van der Waals surface area contributed by atoms with E-state index in [9.17, 15) is 4.79 Å². The van der Waals surface area contributed by atoms with Crippen LogP contribution >= 0.6 is 0 Å². The van der Waals surface area contributed by atoms with Gasteiger partial charge in [0.1, 0.15) is 12.1 Å². The van der Waals surface area contributed by atoms with E-state index in [0.717, 1.165) is 23.3 Å². The van der Waals surface area contributed by atoms with Crippen LogP contribution in [-0.4, -0.2) is 27.8 Å². The Morgan fingerprint density at radius 2 is 1.71 bits per heavy atom. The molecule has 1 aromatic heterocycles. The van der Waals surface area contributed by atoms with Crippen LogP contribution in [0.1, 0.15) is 43.5 Å². The standard InChI is InChI=1S/C22H24N4O2/c1-15(2)21(27)25-19(16-7-5-4-6-8-16)13-20(26-22(25)23-14-24-26)17-9-11-18(28-3)12-10-17/h4-12,14-15,19-20H,13H2,1-3H3/t19-,20-/m0/s1. The molecule has 1 amide bonds. The van der Waals surface area contributed by atoms with E-state index in [2.05, 4.69) is 34.3 Å². The highest BCUT2D eigenvalue weighted by atomic mass is 16.5. The number of rotatable bonds is 4. The maximum atomic E-state index is 13.1. The van der Waals surface area contributed by atoms with Crippen molar-refractivity contribution in [3.63, 3.8) is 0 Å². The second-order valence-corrected chi connectivity index (χ2v) is 7.32. The van der Waals surface area contributed by atoms with E-state index in [1.165, 1.54) is 6.33 Å². The Kier molecular flexibility index (Phi) is 4.86. The van der Waals surface area contributed by atoms with Crippen molar-refractivity contribution in [3.8, 4) is 5.75 Å². The van der Waals surface area contributed by atoms with Gasteiger partial charge in [-0.1, -0.05) is 56.3 Å². The molecule has 0 saturated carbocycles. The molecule has 0 radical (unpaired) electrons. The van der Waals surface area contributed by atoms with E-state index >= 15 is 0 Å². The van der Waals surface area contributed by atoms with Gasteiger partial charge in [-0.25, -0.2) is 4.68 Å². The van der Waals surface area contributed by atoms with Crippen molar-refractivity contribution in [2.75, 3.05) is 12.0 Å². The molecule has 0 aliphatic carbocycles. The first kappa shape index (κ1) is 18.2. The van der Waals surface area contributed by atoms with Gasteiger partial charge in [0, 0.05) is 5.92 Å². The third kappa shape index (κ3) is 3.15. The number of fused-ring (bicyclic) bond motifs is 1. The fraction of sp³-hybridized carbons (Fsp3) is 0.318. The fourth-order valence-corrected chi connectivity index (χ4v) is 3.79. The molecule has 2 heterocycles. The minimum atomic E-state index is -0.131. The third-order valence-corrected chi connectivity index (χ3v) is 5.24. The number of carbonyl (C=O) groups excluding carboxylic acids is 1. The molecule has 0 unspecified atom stereocenters. The highest BCUT2D eigenvalue weighted by Gasteiger charge is 2.39. The highest BCUT2D eigenvalue weighted by Crippen LogP contribution is 2.42. The number of ether oxygens (including phenoxy) is 1.